The van der Waals surface area contributed by atoms with Crippen LogP contribution in [0.3, 0.4) is 0 Å². The van der Waals surface area contributed by atoms with E-state index in [2.05, 4.69) is 26.0 Å². The number of H-pyrrole nitrogens is 1. The van der Waals surface area contributed by atoms with E-state index in [1.54, 1.807) is 24.5 Å². The molecule has 0 saturated carbocycles. The largest absolute Gasteiger partial charge is 0.368 e. The number of carbonyl (C=O) groups is 2. The summed E-state index contributed by atoms with van der Waals surface area (Å²) in [6.07, 6.45) is 4.96. The summed E-state index contributed by atoms with van der Waals surface area (Å²) < 4.78 is 0. The number of aromatic amines is 1. The molecule has 7 nitrogen and oxygen atoms in total. The number of nitrogens with zero attached hydrogens (tertiary/aromatic N) is 3. The van der Waals surface area contributed by atoms with Crippen molar-refractivity contribution in [3.63, 3.8) is 0 Å². The molecule has 3 N–H and O–H groups in total. The molecule has 3 heterocycles. The molecule has 0 spiro atoms. The van der Waals surface area contributed by atoms with Crippen LogP contribution in [0, 0.1) is 11.5 Å². The molecule has 0 bridgehead atoms. The predicted octanol–water partition coefficient (Wildman–Crippen LogP) is 0.921. The van der Waals surface area contributed by atoms with E-state index in [9.17, 15) is 9.59 Å². The summed E-state index contributed by atoms with van der Waals surface area (Å²) in [6, 6.07) is 6.02. The summed E-state index contributed by atoms with van der Waals surface area (Å²) in [5.74, 6) is -0.505. The number of nitrogens with one attached hydrogen (secondary N) is 1. The van der Waals surface area contributed by atoms with Crippen LogP contribution in [0.2, 0.25) is 0 Å². The second kappa shape index (κ2) is 5.84. The lowest BCUT2D eigenvalue weighted by molar-refractivity contribution is -0.117. The van der Waals surface area contributed by atoms with Crippen LogP contribution in [-0.2, 0) is 4.79 Å². The van der Waals surface area contributed by atoms with Crippen LogP contribution in [0.15, 0.2) is 29.5 Å². The van der Waals surface area contributed by atoms with Crippen molar-refractivity contribution in [1.82, 2.24) is 15.0 Å². The van der Waals surface area contributed by atoms with Gasteiger partial charge in [0, 0.05) is 22.4 Å². The number of fused-ring (bicyclic) bond motifs is 2. The van der Waals surface area contributed by atoms with Gasteiger partial charge in [0.2, 0.25) is 5.91 Å². The monoisotopic (exact) mass is 360 g/mol. The average molecular weight is 360 g/mol. The minimum absolute atomic E-state index is 0.00499. The molecule has 1 unspecified atom stereocenters. The van der Waals surface area contributed by atoms with E-state index < -0.39 is 17.4 Å². The zero-order valence-corrected chi connectivity index (χ0v) is 15.2. The zero-order valence-electron chi connectivity index (χ0n) is 15.2. The Hall–Kier alpha value is -3.35. The number of ketones is 1. The van der Waals surface area contributed by atoms with Crippen molar-refractivity contribution in [2.75, 3.05) is 0 Å². The van der Waals surface area contributed by atoms with E-state index in [1.165, 1.54) is 0 Å². The van der Waals surface area contributed by atoms with Crippen LogP contribution in [0.25, 0.3) is 28.5 Å². The summed E-state index contributed by atoms with van der Waals surface area (Å²) in [4.78, 5) is 40.4. The highest BCUT2D eigenvalue weighted by atomic mass is 16.1. The van der Waals surface area contributed by atoms with E-state index >= 15 is 0 Å². The number of aromatic nitrogens is 3. The summed E-state index contributed by atoms with van der Waals surface area (Å²) in [5, 5.41) is 1.38. The maximum Gasteiger partial charge on any atom is 0.246 e. The molecular formula is C20H18N5O2. The molecule has 7 heteroatoms. The number of carbonyl (C=O) groups excluding carboxylic acids is 2. The third-order valence-corrected chi connectivity index (χ3v) is 4.45. The number of rotatable bonds is 3. The molecule has 2 aromatic heterocycles. The molecular weight excluding hydrogens is 342 g/mol. The fourth-order valence-corrected chi connectivity index (χ4v) is 2.98. The maximum absolute atomic E-state index is 12.7. The first kappa shape index (κ1) is 17.1. The molecule has 1 aliphatic heterocycles. The molecule has 4 rings (SSSR count). The lowest BCUT2D eigenvalue weighted by Gasteiger charge is -2.15. The normalized spacial score (nSPS) is 15.9. The predicted molar refractivity (Wildman–Crippen MR) is 100 cm³/mol. The topological polar surface area (TPSA) is 114 Å². The number of primary amides is 1. The van der Waals surface area contributed by atoms with Gasteiger partial charge in [-0.25, -0.2) is 9.97 Å². The van der Waals surface area contributed by atoms with Crippen LogP contribution in [0.1, 0.15) is 31.1 Å². The Labute approximate surface area is 155 Å². The lowest BCUT2D eigenvalue weighted by Crippen LogP contribution is -2.23. The summed E-state index contributed by atoms with van der Waals surface area (Å²) in [5.41, 5.74) is 7.76. The van der Waals surface area contributed by atoms with Gasteiger partial charge in [-0.2, -0.15) is 0 Å². The number of amides is 1. The molecule has 135 valence electrons. The fourth-order valence-electron chi connectivity index (χ4n) is 2.98. The number of Topliss-reactive ketones (excluding diaryl/α,β-unsaturated/α-hetero) is 1. The van der Waals surface area contributed by atoms with Gasteiger partial charge in [0.1, 0.15) is 11.6 Å². The van der Waals surface area contributed by atoms with Crippen molar-refractivity contribution in [3.8, 4) is 11.3 Å². The summed E-state index contributed by atoms with van der Waals surface area (Å²) >= 11 is 0. The fraction of sp³-hybridized carbons (Fsp3) is 0.250. The van der Waals surface area contributed by atoms with Crippen LogP contribution < -0.4 is 16.3 Å². The molecule has 3 aromatic rings. The highest BCUT2D eigenvalue weighted by Gasteiger charge is 2.26. The minimum atomic E-state index is -0.666. The zero-order chi connectivity index (χ0) is 19.3. The van der Waals surface area contributed by atoms with E-state index in [0.29, 0.717) is 27.8 Å². The Balaban J connectivity index is 1.82. The van der Waals surface area contributed by atoms with Crippen LogP contribution in [0.5, 0.6) is 0 Å². The number of hydrogen-bond acceptors (Lipinski definition) is 5. The third kappa shape index (κ3) is 2.91. The highest BCUT2D eigenvalue weighted by Crippen LogP contribution is 2.26. The number of benzene rings is 1. The molecule has 0 aliphatic carbocycles. The van der Waals surface area contributed by atoms with Crippen LogP contribution in [0.4, 0.5) is 0 Å². The smallest absolute Gasteiger partial charge is 0.246 e. The quantitative estimate of drug-likeness (QED) is 0.676. The summed E-state index contributed by atoms with van der Waals surface area (Å²) in [7, 11) is 0. The van der Waals surface area contributed by atoms with Crippen molar-refractivity contribution in [1.29, 1.82) is 0 Å². The molecule has 0 fully saturated rings. The molecule has 1 radical (unpaired) electrons. The first-order valence-corrected chi connectivity index (χ1v) is 8.54. The molecule has 1 atom stereocenters. The van der Waals surface area contributed by atoms with Crippen molar-refractivity contribution >= 4 is 28.9 Å². The van der Waals surface area contributed by atoms with Gasteiger partial charge in [-0.1, -0.05) is 20.8 Å². The molecule has 1 aromatic carbocycles. The minimum Gasteiger partial charge on any atom is -0.368 e. The van der Waals surface area contributed by atoms with Gasteiger partial charge in [0.05, 0.1) is 22.8 Å². The van der Waals surface area contributed by atoms with Crippen molar-refractivity contribution in [2.45, 2.75) is 26.8 Å². The second-order valence-electron chi connectivity index (χ2n) is 7.56. The molecule has 27 heavy (non-hydrogen) atoms. The molecule has 0 saturated heterocycles. The molecule has 1 amide bonds. The first-order valence-electron chi connectivity index (χ1n) is 8.54. The Morgan fingerprint density at radius 1 is 1.30 bits per heavy atom. The Morgan fingerprint density at radius 2 is 2.07 bits per heavy atom. The second-order valence-corrected chi connectivity index (χ2v) is 7.56. The maximum atomic E-state index is 12.7. The number of hydrogen-bond donors (Lipinski definition) is 2. The average Bonchev–Trinajstić information content (AvgIpc) is 3.23. The van der Waals surface area contributed by atoms with E-state index in [0.717, 1.165) is 10.8 Å². The SMILES string of the molecule is CC(C)(C)C(=O)c1c[nH]c2ncc(-c3c[c]c4c(c3)=NC(C(N)=O)C=4)nc12. The summed E-state index contributed by atoms with van der Waals surface area (Å²) in [6.45, 7) is 5.61. The van der Waals surface area contributed by atoms with Crippen LogP contribution >= 0.6 is 0 Å². The van der Waals surface area contributed by atoms with Gasteiger partial charge < -0.3 is 10.7 Å². The van der Waals surface area contributed by atoms with E-state index in [-0.39, 0.29) is 5.78 Å². The van der Waals surface area contributed by atoms with Gasteiger partial charge in [-0.15, -0.1) is 0 Å². The van der Waals surface area contributed by atoms with E-state index in [1.807, 2.05) is 26.8 Å². The highest BCUT2D eigenvalue weighted by molar-refractivity contribution is 6.08. The van der Waals surface area contributed by atoms with Gasteiger partial charge in [0.15, 0.2) is 11.4 Å². The molecule has 1 aliphatic rings. The van der Waals surface area contributed by atoms with Gasteiger partial charge in [0.25, 0.3) is 0 Å². The van der Waals surface area contributed by atoms with Crippen molar-refractivity contribution < 1.29 is 9.59 Å². The number of nitrogens with two attached hydrogens (primary N) is 1. The van der Waals surface area contributed by atoms with Crippen LogP contribution in [-0.4, -0.2) is 32.7 Å². The Morgan fingerprint density at radius 3 is 2.78 bits per heavy atom. The van der Waals surface area contributed by atoms with Gasteiger partial charge >= 0.3 is 0 Å². The van der Waals surface area contributed by atoms with Gasteiger partial charge in [-0.05, 0) is 24.3 Å². The third-order valence-electron chi connectivity index (χ3n) is 4.45. The standard InChI is InChI=1S/C20H18N5O2/c1-20(2,3)17(26)12-8-22-19-16(12)25-15(9-23-19)11-5-4-10-7-14(18(21)27)24-13(10)6-11/h5-9,14H,1-3H3,(H2,21,27)(H,22,23). The van der Waals surface area contributed by atoms with Crippen molar-refractivity contribution in [2.24, 2.45) is 16.1 Å². The Bertz CT molecular complexity index is 1220. The van der Waals surface area contributed by atoms with Gasteiger partial charge in [-0.3, -0.25) is 14.6 Å². The lowest BCUT2D eigenvalue weighted by atomic mass is 9.87. The van der Waals surface area contributed by atoms with E-state index in [4.69, 9.17) is 5.73 Å². The first-order chi connectivity index (χ1) is 12.7. The Kier molecular flexibility index (Phi) is 3.69. The van der Waals surface area contributed by atoms with Crippen molar-refractivity contribution in [3.05, 3.63) is 46.7 Å².